The largest absolute Gasteiger partial charge is 0.374 e. The molecule has 1 heterocycles. The van der Waals surface area contributed by atoms with Gasteiger partial charge in [0.1, 0.15) is 6.61 Å². The molecule has 3 heteroatoms. The van der Waals surface area contributed by atoms with Gasteiger partial charge in [0.05, 0.1) is 0 Å². The molecule has 2 atom stereocenters. The quantitative estimate of drug-likeness (QED) is 0.667. The molecule has 0 aromatic heterocycles. The highest BCUT2D eigenvalue weighted by molar-refractivity contribution is 5.83. The lowest BCUT2D eigenvalue weighted by Gasteiger charge is -2.11. The molecule has 1 rings (SSSR count). The second-order valence-corrected chi connectivity index (χ2v) is 3.35. The maximum absolute atomic E-state index is 11.4. The van der Waals surface area contributed by atoms with Crippen LogP contribution in [-0.4, -0.2) is 32.1 Å². The first-order valence-corrected chi connectivity index (χ1v) is 4.57. The lowest BCUT2D eigenvalue weighted by atomic mass is 9.94. The Kier molecular flexibility index (Phi) is 3.69. The van der Waals surface area contributed by atoms with Crippen molar-refractivity contribution >= 4 is 5.78 Å². The maximum atomic E-state index is 11.4. The third kappa shape index (κ3) is 2.29. The minimum absolute atomic E-state index is 0.177. The number of carbonyl (C=O) groups excluding carboxylic acids is 1. The van der Waals surface area contributed by atoms with Crippen molar-refractivity contribution in [1.29, 1.82) is 0 Å². The Balaban J connectivity index is 2.30. The van der Waals surface area contributed by atoms with E-state index in [1.165, 1.54) is 0 Å². The molecule has 1 saturated heterocycles. The first-order valence-electron chi connectivity index (χ1n) is 4.57. The van der Waals surface area contributed by atoms with Crippen molar-refractivity contribution in [3.8, 4) is 0 Å². The summed E-state index contributed by atoms with van der Waals surface area (Å²) >= 11 is 0. The van der Waals surface area contributed by atoms with E-state index in [0.717, 1.165) is 13.1 Å². The highest BCUT2D eigenvalue weighted by Crippen LogP contribution is 2.16. The van der Waals surface area contributed by atoms with Crippen molar-refractivity contribution < 1.29 is 9.53 Å². The highest BCUT2D eigenvalue weighted by atomic mass is 16.5. The molecule has 2 unspecified atom stereocenters. The minimum Gasteiger partial charge on any atom is -0.374 e. The fourth-order valence-electron chi connectivity index (χ4n) is 1.55. The van der Waals surface area contributed by atoms with Gasteiger partial charge in [0.25, 0.3) is 0 Å². The van der Waals surface area contributed by atoms with E-state index >= 15 is 0 Å². The fourth-order valence-corrected chi connectivity index (χ4v) is 1.55. The Morgan fingerprint density at radius 3 is 2.83 bits per heavy atom. The zero-order valence-electron chi connectivity index (χ0n) is 7.80. The van der Waals surface area contributed by atoms with Gasteiger partial charge in [0.15, 0.2) is 5.78 Å². The molecule has 0 saturated carbocycles. The van der Waals surface area contributed by atoms with Gasteiger partial charge >= 0.3 is 0 Å². The van der Waals surface area contributed by atoms with Crippen LogP contribution in [0.25, 0.3) is 0 Å². The molecule has 0 aromatic carbocycles. The number of ketones is 1. The lowest BCUT2D eigenvalue weighted by molar-refractivity contribution is -0.127. The second kappa shape index (κ2) is 4.58. The molecule has 0 spiro atoms. The summed E-state index contributed by atoms with van der Waals surface area (Å²) in [6.07, 6.45) is 0. The van der Waals surface area contributed by atoms with Crippen molar-refractivity contribution in [3.63, 3.8) is 0 Å². The van der Waals surface area contributed by atoms with Crippen molar-refractivity contribution in [2.45, 2.75) is 13.8 Å². The molecule has 12 heavy (non-hydrogen) atoms. The second-order valence-electron chi connectivity index (χ2n) is 3.35. The molecule has 1 fully saturated rings. The first-order chi connectivity index (χ1) is 5.75. The molecular formula is C9H17NO2. The summed E-state index contributed by atoms with van der Waals surface area (Å²) in [6.45, 7) is 6.71. The molecule has 1 N–H and O–H groups in total. The highest BCUT2D eigenvalue weighted by Gasteiger charge is 2.28. The van der Waals surface area contributed by atoms with Gasteiger partial charge in [0, 0.05) is 19.1 Å². The Labute approximate surface area is 73.5 Å². The van der Waals surface area contributed by atoms with Crippen LogP contribution in [0.5, 0.6) is 0 Å². The van der Waals surface area contributed by atoms with Crippen molar-refractivity contribution in [2.75, 3.05) is 26.3 Å². The number of nitrogens with one attached hydrogen (secondary N) is 1. The predicted octanol–water partition coefficient (Wildman–Crippen LogP) is 0.447. The molecule has 0 radical (unpaired) electrons. The Morgan fingerprint density at radius 1 is 1.58 bits per heavy atom. The van der Waals surface area contributed by atoms with Crippen molar-refractivity contribution in [3.05, 3.63) is 0 Å². The van der Waals surface area contributed by atoms with E-state index in [1.54, 1.807) is 0 Å². The first kappa shape index (κ1) is 9.68. The van der Waals surface area contributed by atoms with Gasteiger partial charge in [0.2, 0.25) is 0 Å². The normalized spacial score (nSPS) is 29.2. The summed E-state index contributed by atoms with van der Waals surface area (Å²) in [5.41, 5.74) is 0. The number of rotatable bonds is 4. The summed E-state index contributed by atoms with van der Waals surface area (Å²) in [6, 6.07) is 0. The van der Waals surface area contributed by atoms with Crippen LogP contribution in [0.15, 0.2) is 0 Å². The Morgan fingerprint density at radius 2 is 2.33 bits per heavy atom. The molecule has 1 aliphatic heterocycles. The standard InChI is InChI=1S/C9H17NO2/c1-3-12-6-9(11)8-5-10-4-7(8)2/h7-8,10H,3-6H2,1-2H3. The van der Waals surface area contributed by atoms with Crippen LogP contribution in [0, 0.1) is 11.8 Å². The fraction of sp³-hybridized carbons (Fsp3) is 0.889. The smallest absolute Gasteiger partial charge is 0.163 e. The SMILES string of the molecule is CCOCC(=O)C1CNCC1C. The van der Waals surface area contributed by atoms with Crippen LogP contribution < -0.4 is 5.32 Å². The minimum atomic E-state index is 0.177. The van der Waals surface area contributed by atoms with Crippen LogP contribution >= 0.6 is 0 Å². The predicted molar refractivity (Wildman–Crippen MR) is 47.0 cm³/mol. The number of Topliss-reactive ketones (excluding diaryl/α,β-unsaturated/α-hetero) is 1. The van der Waals surface area contributed by atoms with E-state index in [-0.39, 0.29) is 18.3 Å². The van der Waals surface area contributed by atoms with Crippen LogP contribution in [0.1, 0.15) is 13.8 Å². The molecule has 0 amide bonds. The lowest BCUT2D eigenvalue weighted by Crippen LogP contribution is -2.25. The van der Waals surface area contributed by atoms with E-state index in [0.29, 0.717) is 12.5 Å². The Bertz CT molecular complexity index is 159. The van der Waals surface area contributed by atoms with Gasteiger partial charge in [-0.05, 0) is 19.4 Å². The average molecular weight is 171 g/mol. The van der Waals surface area contributed by atoms with Crippen LogP contribution in [-0.2, 0) is 9.53 Å². The van der Waals surface area contributed by atoms with Gasteiger partial charge in [-0.1, -0.05) is 6.92 Å². The molecule has 3 nitrogen and oxygen atoms in total. The molecular weight excluding hydrogens is 154 g/mol. The Hall–Kier alpha value is -0.410. The van der Waals surface area contributed by atoms with E-state index in [1.807, 2.05) is 6.92 Å². The maximum Gasteiger partial charge on any atom is 0.163 e. The molecule has 1 aliphatic rings. The van der Waals surface area contributed by atoms with E-state index in [9.17, 15) is 4.79 Å². The van der Waals surface area contributed by atoms with Gasteiger partial charge in [-0.15, -0.1) is 0 Å². The zero-order chi connectivity index (χ0) is 8.97. The van der Waals surface area contributed by atoms with Gasteiger partial charge < -0.3 is 10.1 Å². The summed E-state index contributed by atoms with van der Waals surface area (Å²) in [5.74, 6) is 0.892. The summed E-state index contributed by atoms with van der Waals surface area (Å²) in [5, 5.41) is 3.20. The molecule has 70 valence electrons. The third-order valence-corrected chi connectivity index (χ3v) is 2.38. The van der Waals surface area contributed by atoms with E-state index < -0.39 is 0 Å². The summed E-state index contributed by atoms with van der Waals surface area (Å²) < 4.78 is 5.08. The summed E-state index contributed by atoms with van der Waals surface area (Å²) in [4.78, 5) is 11.4. The van der Waals surface area contributed by atoms with Gasteiger partial charge in [-0.3, -0.25) is 4.79 Å². The van der Waals surface area contributed by atoms with E-state index in [2.05, 4.69) is 12.2 Å². The van der Waals surface area contributed by atoms with Crippen molar-refractivity contribution in [1.82, 2.24) is 5.32 Å². The third-order valence-electron chi connectivity index (χ3n) is 2.38. The number of carbonyl (C=O) groups is 1. The topological polar surface area (TPSA) is 38.3 Å². The van der Waals surface area contributed by atoms with Crippen molar-refractivity contribution in [2.24, 2.45) is 11.8 Å². The summed E-state index contributed by atoms with van der Waals surface area (Å²) in [7, 11) is 0. The van der Waals surface area contributed by atoms with Gasteiger partial charge in [-0.25, -0.2) is 0 Å². The number of ether oxygens (including phenoxy) is 1. The molecule has 0 bridgehead atoms. The number of hydrogen-bond acceptors (Lipinski definition) is 3. The van der Waals surface area contributed by atoms with Crippen LogP contribution in [0.4, 0.5) is 0 Å². The number of hydrogen-bond donors (Lipinski definition) is 1. The zero-order valence-corrected chi connectivity index (χ0v) is 7.80. The van der Waals surface area contributed by atoms with Crippen LogP contribution in [0.3, 0.4) is 0 Å². The van der Waals surface area contributed by atoms with Crippen LogP contribution in [0.2, 0.25) is 0 Å². The molecule has 0 aliphatic carbocycles. The molecule has 0 aromatic rings. The van der Waals surface area contributed by atoms with Gasteiger partial charge in [-0.2, -0.15) is 0 Å². The average Bonchev–Trinajstić information content (AvgIpc) is 2.47. The van der Waals surface area contributed by atoms with E-state index in [4.69, 9.17) is 4.74 Å². The monoisotopic (exact) mass is 171 g/mol.